The van der Waals surface area contributed by atoms with E-state index in [1.807, 2.05) is 57.5 Å². The van der Waals surface area contributed by atoms with Crippen LogP contribution in [0.4, 0.5) is 0 Å². The Hall–Kier alpha value is -4.66. The summed E-state index contributed by atoms with van der Waals surface area (Å²) in [5, 5.41) is 19.8. The van der Waals surface area contributed by atoms with Gasteiger partial charge in [0, 0.05) is 30.6 Å². The second-order valence-corrected chi connectivity index (χ2v) is 24.3. The molecule has 63 heavy (non-hydrogen) atoms. The third-order valence-electron chi connectivity index (χ3n) is 13.9. The molecule has 0 saturated carbocycles. The second-order valence-electron chi connectivity index (χ2n) is 19.2. The van der Waals surface area contributed by atoms with Gasteiger partial charge in [-0.25, -0.2) is 4.98 Å². The Morgan fingerprint density at radius 2 is 1.68 bits per heavy atom. The maximum atomic E-state index is 15.2. The van der Waals surface area contributed by atoms with Crippen molar-refractivity contribution in [3.8, 4) is 16.3 Å². The van der Waals surface area contributed by atoms with Crippen LogP contribution in [0.5, 0.6) is 5.88 Å². The zero-order valence-electron chi connectivity index (χ0n) is 37.8. The number of carbonyl (C=O) groups is 2. The van der Waals surface area contributed by atoms with E-state index in [1.165, 1.54) is 0 Å². The summed E-state index contributed by atoms with van der Waals surface area (Å²) in [5.74, 6) is -0.598. The number of fused-ring (bicyclic) bond motifs is 1. The Labute approximate surface area is 377 Å². The Morgan fingerprint density at radius 1 is 1.00 bits per heavy atom. The van der Waals surface area contributed by atoms with E-state index in [1.54, 1.807) is 22.3 Å². The fourth-order valence-corrected chi connectivity index (χ4v) is 16.1. The lowest BCUT2D eigenvalue weighted by Gasteiger charge is -2.44. The molecule has 0 bridgehead atoms. The topological polar surface area (TPSA) is 130 Å². The van der Waals surface area contributed by atoms with Crippen molar-refractivity contribution in [3.05, 3.63) is 114 Å². The van der Waals surface area contributed by atoms with Crippen LogP contribution in [0.1, 0.15) is 103 Å². The molecule has 0 spiro atoms. The van der Waals surface area contributed by atoms with Crippen LogP contribution >= 0.6 is 11.3 Å². The van der Waals surface area contributed by atoms with Crippen molar-refractivity contribution in [2.24, 2.45) is 5.92 Å². The van der Waals surface area contributed by atoms with Gasteiger partial charge in [-0.1, -0.05) is 120 Å². The Bertz CT molecular complexity index is 2290. The number of aryl methyl sites for hydroxylation is 1. The molecule has 13 heteroatoms. The van der Waals surface area contributed by atoms with Gasteiger partial charge in [-0.15, -0.1) is 11.3 Å². The number of benzene rings is 3. The van der Waals surface area contributed by atoms with Crippen LogP contribution in [0, 0.1) is 12.8 Å². The van der Waals surface area contributed by atoms with Crippen molar-refractivity contribution in [3.63, 3.8) is 0 Å². The molecule has 3 aromatic carbocycles. The molecule has 5 heterocycles. The number of rotatable bonds is 15. The number of ether oxygens (including phenoxy) is 1. The highest BCUT2D eigenvalue weighted by Gasteiger charge is 2.54. The van der Waals surface area contributed by atoms with Crippen LogP contribution < -0.4 is 20.4 Å². The van der Waals surface area contributed by atoms with Gasteiger partial charge in [-0.3, -0.25) is 14.5 Å². The first kappa shape index (κ1) is 44.9. The molecule has 2 amide bonds. The summed E-state index contributed by atoms with van der Waals surface area (Å²) in [7, 11) is -3.04. The van der Waals surface area contributed by atoms with Crippen molar-refractivity contribution >= 4 is 41.8 Å². The molecule has 3 aliphatic rings. The molecule has 2 aromatic heterocycles. The van der Waals surface area contributed by atoms with Crippen molar-refractivity contribution in [1.29, 1.82) is 0 Å². The monoisotopic (exact) mass is 889 g/mol. The number of carbonyl (C=O) groups excluding carboxylic acids is 2. The Balaban J connectivity index is 1.07. The van der Waals surface area contributed by atoms with Gasteiger partial charge in [-0.2, -0.15) is 0 Å². The maximum Gasteiger partial charge on any atom is 0.261 e. The predicted molar refractivity (Wildman–Crippen MR) is 250 cm³/mol. The predicted octanol–water partition coefficient (Wildman–Crippen LogP) is 7.64. The molecule has 5 aromatic rings. The highest BCUT2D eigenvalue weighted by molar-refractivity contribution is 7.13. The molecule has 3 aliphatic heterocycles. The van der Waals surface area contributed by atoms with Crippen LogP contribution in [-0.4, -0.2) is 95.2 Å². The molecule has 334 valence electrons. The first-order valence-electron chi connectivity index (χ1n) is 22.6. The lowest BCUT2D eigenvalue weighted by molar-refractivity contribution is -0.141. The number of hydrogen-bond donors (Lipinski definition) is 2. The van der Waals surface area contributed by atoms with Crippen LogP contribution in [0.3, 0.4) is 0 Å². The number of nitrogens with one attached hydrogen (secondary N) is 1. The maximum absolute atomic E-state index is 15.2. The highest BCUT2D eigenvalue weighted by Crippen LogP contribution is 2.43. The summed E-state index contributed by atoms with van der Waals surface area (Å²) < 4.78 is 19.8. The van der Waals surface area contributed by atoms with Gasteiger partial charge in [0.15, 0.2) is 5.76 Å². The lowest BCUT2D eigenvalue weighted by Crippen LogP contribution is -2.67. The number of thiazole rings is 1. The summed E-state index contributed by atoms with van der Waals surface area (Å²) >= 11 is 1.61. The van der Waals surface area contributed by atoms with E-state index in [4.69, 9.17) is 13.7 Å². The molecule has 6 atom stereocenters. The number of aliphatic hydroxyl groups excluding tert-OH is 1. The van der Waals surface area contributed by atoms with Gasteiger partial charge < -0.3 is 29.0 Å². The van der Waals surface area contributed by atoms with E-state index >= 15 is 4.79 Å². The zero-order chi connectivity index (χ0) is 44.5. The molecule has 3 saturated heterocycles. The SMILES string of the molecule is Cc1ncsc1-c1ccc([C@H](C)NC(=O)[C@@H]2C[C@@H](O[Si](c3ccccc3)(c3ccccc3)C(C)(C)C)CN2C(=O)C(c2cc(OC[C@@H]3CC[C@]4(CO)CCCN34)no2)C(C)C)cc1. The van der Waals surface area contributed by atoms with E-state index < -0.39 is 26.4 Å². The van der Waals surface area contributed by atoms with Gasteiger partial charge in [0.05, 0.1) is 34.8 Å². The van der Waals surface area contributed by atoms with Crippen molar-refractivity contribution in [2.75, 3.05) is 26.3 Å². The molecule has 8 rings (SSSR count). The normalized spacial score (nSPS) is 22.6. The van der Waals surface area contributed by atoms with Gasteiger partial charge in [0.2, 0.25) is 11.8 Å². The van der Waals surface area contributed by atoms with E-state index in [-0.39, 0.29) is 53.5 Å². The zero-order valence-corrected chi connectivity index (χ0v) is 39.6. The van der Waals surface area contributed by atoms with Gasteiger partial charge in [0.25, 0.3) is 14.2 Å². The summed E-state index contributed by atoms with van der Waals surface area (Å²) in [6.07, 6.45) is 3.88. The number of likely N-dealkylation sites (tertiary alicyclic amines) is 1. The summed E-state index contributed by atoms with van der Waals surface area (Å²) in [6.45, 7) is 16.5. The number of aromatic nitrogens is 2. The molecule has 0 radical (unpaired) electrons. The summed E-state index contributed by atoms with van der Waals surface area (Å²) in [6, 6.07) is 30.0. The van der Waals surface area contributed by atoms with Crippen LogP contribution in [0.15, 0.2) is 101 Å². The Morgan fingerprint density at radius 3 is 2.29 bits per heavy atom. The van der Waals surface area contributed by atoms with Gasteiger partial charge in [0.1, 0.15) is 18.6 Å². The minimum atomic E-state index is -3.04. The van der Waals surface area contributed by atoms with E-state index in [0.29, 0.717) is 24.7 Å². The van der Waals surface area contributed by atoms with Crippen molar-refractivity contribution < 1.29 is 28.4 Å². The number of aliphatic hydroxyl groups is 1. The molecule has 1 unspecified atom stereocenters. The first-order chi connectivity index (χ1) is 30.2. The molecule has 2 N–H and O–H groups in total. The number of nitrogens with zero attached hydrogens (tertiary/aromatic N) is 4. The minimum Gasteiger partial charge on any atom is -0.474 e. The fraction of sp³-hybridized carbons (Fsp3) is 0.480. The quantitative estimate of drug-likeness (QED) is 0.102. The number of amides is 2. The number of hydrogen-bond acceptors (Lipinski definition) is 10. The molecular formula is C50H63N5O6SSi. The van der Waals surface area contributed by atoms with Crippen LogP contribution in [0.2, 0.25) is 5.04 Å². The summed E-state index contributed by atoms with van der Waals surface area (Å²) in [5.41, 5.74) is 4.75. The summed E-state index contributed by atoms with van der Waals surface area (Å²) in [4.78, 5) is 39.6. The average molecular weight is 890 g/mol. The molecule has 0 aliphatic carbocycles. The van der Waals surface area contributed by atoms with Crippen molar-refractivity contribution in [1.82, 2.24) is 25.3 Å². The van der Waals surface area contributed by atoms with Crippen LogP contribution in [0.25, 0.3) is 10.4 Å². The minimum absolute atomic E-state index is 0.140. The molecule has 3 fully saturated rings. The lowest BCUT2D eigenvalue weighted by atomic mass is 9.91. The highest BCUT2D eigenvalue weighted by atomic mass is 32.1. The fourth-order valence-electron chi connectivity index (χ4n) is 10.6. The standard InChI is InChI=1S/C50H63N5O6SSi/c1-33(2)45(43-28-44(53-60-43)59-30-38-23-25-50(31-56)24-14-26-55(38)50)48(58)54-29-39(61-63(49(5,6)7,40-15-10-8-11-16-40)41-17-12-9-13-18-41)27-42(54)47(57)52-34(3)36-19-21-37(22-20-36)46-35(4)51-32-62-46/h8-13,15-22,28,32-34,38-39,42,45,56H,14,23-27,29-31H2,1-7H3,(H,52,57)/t34-,38-,39+,42-,45?,50-/m0/s1. The smallest absolute Gasteiger partial charge is 0.261 e. The third-order valence-corrected chi connectivity index (χ3v) is 20.0. The Kier molecular flexibility index (Phi) is 13.2. The van der Waals surface area contributed by atoms with E-state index in [0.717, 1.165) is 64.3 Å². The van der Waals surface area contributed by atoms with Gasteiger partial charge in [-0.05, 0) is 83.7 Å². The average Bonchev–Trinajstić information content (AvgIpc) is 4.13. The first-order valence-corrected chi connectivity index (χ1v) is 25.4. The van der Waals surface area contributed by atoms with Gasteiger partial charge >= 0.3 is 0 Å². The van der Waals surface area contributed by atoms with E-state index in [9.17, 15) is 9.90 Å². The molecular weight excluding hydrogens is 827 g/mol. The van der Waals surface area contributed by atoms with Crippen molar-refractivity contribution in [2.45, 2.75) is 121 Å². The molecule has 11 nitrogen and oxygen atoms in total. The second kappa shape index (κ2) is 18.4. The largest absolute Gasteiger partial charge is 0.474 e. The van der Waals surface area contributed by atoms with Crippen LogP contribution in [-0.2, 0) is 14.0 Å². The third kappa shape index (κ3) is 8.79. The van der Waals surface area contributed by atoms with E-state index in [2.05, 4.69) is 102 Å².